The number of thiol groups is 1. The van der Waals surface area contributed by atoms with Gasteiger partial charge in [-0.15, -0.1) is 10.9 Å². The van der Waals surface area contributed by atoms with E-state index in [4.69, 9.17) is 19.5 Å². The smallest absolute Gasteiger partial charge is 0.386 e. The molecule has 0 saturated carbocycles. The van der Waals surface area contributed by atoms with E-state index < -0.39 is 130 Å². The van der Waals surface area contributed by atoms with Gasteiger partial charge in [-0.25, -0.2) is 28.6 Å². The van der Waals surface area contributed by atoms with Gasteiger partial charge in [0, 0.05) is 30.7 Å². The zero-order chi connectivity index (χ0) is 45.4. The standard InChI is InChI=1S/C29H46N7O20P3S/c1-15(37)9-19(40)60(20(41)10-16(2)38)8-7-31-18(39)5-6-32-27(44)24(43)29(3,4)12-53-59(50,51)56-58(48,49)52-11-17-23(55-57(45,46)47)22(42)28(54-17)36-14-35-21-25(30)33-13-34-26(21)36/h13-14,17,22-24,28,42-43,60H,5-12H2,1-4H3,(H,31,39)(H,32,44)(H,48,49)(H,50,51)(H2,30,33,34)(H2,45,46,47)/t17-,22-,23-,24?,28-/m1/s1. The molecule has 2 amide bonds. The largest absolute Gasteiger partial charge is 0.481 e. The highest BCUT2D eigenvalue weighted by Gasteiger charge is 2.50. The van der Waals surface area contributed by atoms with Crippen LogP contribution in [0.15, 0.2) is 12.7 Å². The predicted octanol–water partition coefficient (Wildman–Crippen LogP) is -1.58. The first-order valence-corrected chi connectivity index (χ1v) is 23.4. The van der Waals surface area contributed by atoms with E-state index in [9.17, 15) is 72.2 Å². The van der Waals surface area contributed by atoms with Crippen LogP contribution in [0.2, 0.25) is 0 Å². The van der Waals surface area contributed by atoms with Crippen LogP contribution >= 0.6 is 34.4 Å². The number of rotatable bonds is 23. The Morgan fingerprint density at radius 3 is 2.13 bits per heavy atom. The van der Waals surface area contributed by atoms with Gasteiger partial charge in [-0.3, -0.25) is 46.9 Å². The number of carbonyl (C=O) groups excluding carboxylic acids is 6. The molecule has 3 heterocycles. The van der Waals surface area contributed by atoms with E-state index in [1.165, 1.54) is 27.7 Å². The fraction of sp³-hybridized carbons (Fsp3) is 0.621. The summed E-state index contributed by atoms with van der Waals surface area (Å²) < 4.78 is 62.1. The lowest BCUT2D eigenvalue weighted by molar-refractivity contribution is -0.137. The number of aromatic nitrogens is 4. The number of imidazole rings is 1. The number of nitrogens with zero attached hydrogens (tertiary/aromatic N) is 4. The molecule has 1 aliphatic heterocycles. The molecule has 2 aromatic rings. The molecule has 0 radical (unpaired) electrons. The summed E-state index contributed by atoms with van der Waals surface area (Å²) in [6.45, 7) is 2.12. The Balaban J connectivity index is 1.51. The third-order valence-electron chi connectivity index (χ3n) is 8.14. The van der Waals surface area contributed by atoms with E-state index in [0.29, 0.717) is 0 Å². The molecular weight excluding hydrogens is 891 g/mol. The third kappa shape index (κ3) is 15.2. The zero-order valence-corrected chi connectivity index (χ0v) is 35.8. The number of phosphoric acid groups is 3. The van der Waals surface area contributed by atoms with Gasteiger partial charge < -0.3 is 50.9 Å². The Bertz CT molecular complexity index is 2060. The quantitative estimate of drug-likeness (QED) is 0.0341. The van der Waals surface area contributed by atoms with Gasteiger partial charge in [0.2, 0.25) is 11.8 Å². The van der Waals surface area contributed by atoms with Crippen LogP contribution in [-0.2, 0) is 65.1 Å². The number of nitrogens with one attached hydrogen (secondary N) is 2. The lowest BCUT2D eigenvalue weighted by Crippen LogP contribution is -2.46. The Hall–Kier alpha value is -3.43. The molecule has 0 spiro atoms. The first-order valence-electron chi connectivity index (χ1n) is 17.3. The van der Waals surface area contributed by atoms with Crippen LogP contribution in [-0.4, -0.2) is 139 Å². The van der Waals surface area contributed by atoms with E-state index in [2.05, 4.69) is 34.4 Å². The summed E-state index contributed by atoms with van der Waals surface area (Å²) in [5.41, 5.74) is 4.14. The Labute approximate surface area is 342 Å². The topological polar surface area (TPSA) is 415 Å². The molecular formula is C29H46N7O20P3S. The molecule has 338 valence electrons. The van der Waals surface area contributed by atoms with Gasteiger partial charge in [0.25, 0.3) is 0 Å². The van der Waals surface area contributed by atoms with Gasteiger partial charge in [-0.2, -0.15) is 4.31 Å². The molecule has 1 aliphatic rings. The van der Waals surface area contributed by atoms with E-state index in [-0.39, 0.29) is 42.2 Å². The number of amides is 2. The molecule has 27 nitrogen and oxygen atoms in total. The molecule has 31 heteroatoms. The summed E-state index contributed by atoms with van der Waals surface area (Å²) in [5.74, 6) is -2.83. The summed E-state index contributed by atoms with van der Waals surface area (Å²) in [7, 11) is -18.6. The molecule has 0 bridgehead atoms. The van der Waals surface area contributed by atoms with E-state index in [1.54, 1.807) is 0 Å². The fourth-order valence-electron chi connectivity index (χ4n) is 5.25. The van der Waals surface area contributed by atoms with Crippen LogP contribution in [0.1, 0.15) is 53.2 Å². The average molecular weight is 938 g/mol. The lowest BCUT2D eigenvalue weighted by Gasteiger charge is -2.30. The number of aliphatic hydroxyl groups is 2. The van der Waals surface area contributed by atoms with Crippen LogP contribution in [0.25, 0.3) is 11.2 Å². The number of fused-ring (bicyclic) bond motifs is 1. The molecule has 3 rings (SSSR count). The summed E-state index contributed by atoms with van der Waals surface area (Å²) in [4.78, 5) is 123. The van der Waals surface area contributed by atoms with Crippen LogP contribution in [0.4, 0.5) is 5.82 Å². The molecule has 60 heavy (non-hydrogen) atoms. The second-order valence-corrected chi connectivity index (χ2v) is 20.3. The van der Waals surface area contributed by atoms with Crippen LogP contribution in [0, 0.1) is 5.41 Å². The van der Waals surface area contributed by atoms with Crippen molar-refractivity contribution >= 4 is 85.0 Å². The fourth-order valence-corrected chi connectivity index (χ4v) is 10.0. The monoisotopic (exact) mass is 937 g/mol. The maximum absolute atomic E-state index is 12.7. The van der Waals surface area contributed by atoms with Crippen molar-refractivity contribution in [1.82, 2.24) is 30.2 Å². The third-order valence-corrected chi connectivity index (χ3v) is 13.4. The molecule has 3 unspecified atom stereocenters. The molecule has 2 aromatic heterocycles. The summed E-state index contributed by atoms with van der Waals surface area (Å²) >= 11 is 0. The maximum Gasteiger partial charge on any atom is 0.481 e. The molecule has 1 fully saturated rings. The number of nitrogen functional groups attached to an aromatic ring is 1. The number of aliphatic hydroxyl groups excluding tert-OH is 2. The van der Waals surface area contributed by atoms with Crippen molar-refractivity contribution < 1.29 is 94.9 Å². The Morgan fingerprint density at radius 2 is 1.55 bits per heavy atom. The van der Waals surface area contributed by atoms with Crippen molar-refractivity contribution in [3.05, 3.63) is 12.7 Å². The number of phosphoric ester groups is 3. The first-order chi connectivity index (χ1) is 27.6. The van der Waals surface area contributed by atoms with Crippen LogP contribution < -0.4 is 16.4 Å². The minimum Gasteiger partial charge on any atom is -0.386 e. The van der Waals surface area contributed by atoms with Gasteiger partial charge in [-0.1, -0.05) is 13.8 Å². The molecule has 1 saturated heterocycles. The van der Waals surface area contributed by atoms with E-state index >= 15 is 0 Å². The van der Waals surface area contributed by atoms with Crippen molar-refractivity contribution in [1.29, 1.82) is 0 Å². The van der Waals surface area contributed by atoms with Crippen molar-refractivity contribution in [3.63, 3.8) is 0 Å². The Kier molecular flexibility index (Phi) is 17.9. The van der Waals surface area contributed by atoms with Gasteiger partial charge in [-0.05, 0) is 13.8 Å². The minimum absolute atomic E-state index is 0.00940. The second kappa shape index (κ2) is 21.1. The van der Waals surface area contributed by atoms with Crippen LogP contribution in [0.5, 0.6) is 0 Å². The number of Topliss-reactive ketones (excluding diaryl/α,β-unsaturated/α-hetero) is 2. The lowest BCUT2D eigenvalue weighted by atomic mass is 9.87. The number of nitrogens with two attached hydrogens (primary N) is 1. The average Bonchev–Trinajstić information content (AvgIpc) is 3.67. The normalized spacial score (nSPS) is 21.1. The molecule has 0 aliphatic carbocycles. The van der Waals surface area contributed by atoms with Crippen molar-refractivity contribution in [2.24, 2.45) is 5.41 Å². The van der Waals surface area contributed by atoms with Gasteiger partial charge in [0.15, 0.2) is 27.9 Å². The molecule has 7 atom stereocenters. The number of hydrogen-bond donors (Lipinski definition) is 10. The van der Waals surface area contributed by atoms with E-state index in [0.717, 1.165) is 17.2 Å². The number of ether oxygens (including phenoxy) is 1. The highest BCUT2D eigenvalue weighted by atomic mass is 32.2. The minimum atomic E-state index is -5.62. The molecule has 0 aromatic carbocycles. The van der Waals surface area contributed by atoms with E-state index in [1.807, 2.05) is 0 Å². The summed E-state index contributed by atoms with van der Waals surface area (Å²) in [6, 6.07) is 0. The molecule has 10 N–H and O–H groups in total. The SMILES string of the molecule is CC(=O)CC(=O)[SH](CCNC(=O)CCNC(=O)C(O)C(C)(C)COP(=O)(O)OP(=O)(O)OC[C@H]1O[C@@H](n2cnc3c(N)ncnc32)[C@H](O)[C@@H]1OP(=O)(O)O)C(=O)CC(C)=O. The number of hydrogen-bond acceptors (Lipinski definition) is 20. The summed E-state index contributed by atoms with van der Waals surface area (Å²) in [6.07, 6.45) is -8.32. The Morgan fingerprint density at radius 1 is 0.950 bits per heavy atom. The second-order valence-electron chi connectivity index (χ2n) is 13.8. The number of carbonyl (C=O) groups is 6. The van der Waals surface area contributed by atoms with Crippen molar-refractivity contribution in [3.8, 4) is 0 Å². The highest BCUT2D eigenvalue weighted by Crippen LogP contribution is 2.61. The van der Waals surface area contributed by atoms with Gasteiger partial charge in [0.05, 0.1) is 32.4 Å². The van der Waals surface area contributed by atoms with Crippen molar-refractivity contribution in [2.75, 3.05) is 37.8 Å². The zero-order valence-electron chi connectivity index (χ0n) is 32.3. The van der Waals surface area contributed by atoms with Crippen molar-refractivity contribution in [2.45, 2.75) is 77.6 Å². The highest BCUT2D eigenvalue weighted by molar-refractivity contribution is 8.41. The number of ketones is 2. The number of anilines is 1. The predicted molar refractivity (Wildman–Crippen MR) is 204 cm³/mol. The maximum atomic E-state index is 12.7. The van der Waals surface area contributed by atoms with Gasteiger partial charge in [0.1, 0.15) is 47.8 Å². The summed E-state index contributed by atoms with van der Waals surface area (Å²) in [5, 5.41) is 24.9. The van der Waals surface area contributed by atoms with Crippen LogP contribution in [0.3, 0.4) is 0 Å². The van der Waals surface area contributed by atoms with Gasteiger partial charge >= 0.3 is 23.5 Å². The first kappa shape index (κ1) is 50.9.